The highest BCUT2D eigenvalue weighted by atomic mass is 35.5. The Hall–Kier alpha value is -2.09. The van der Waals surface area contributed by atoms with Crippen LogP contribution in [0.4, 0.5) is 0 Å². The van der Waals surface area contributed by atoms with Gasteiger partial charge in [-0.1, -0.05) is 48.0 Å². The Balaban J connectivity index is 1.50. The molecule has 27 heavy (non-hydrogen) atoms. The normalized spacial score (nSPS) is 15.5. The van der Waals surface area contributed by atoms with E-state index in [0.717, 1.165) is 5.56 Å². The van der Waals surface area contributed by atoms with Crippen LogP contribution in [0.3, 0.4) is 0 Å². The molecule has 144 valence electrons. The van der Waals surface area contributed by atoms with Gasteiger partial charge in [0.15, 0.2) is 6.61 Å². The highest BCUT2D eigenvalue weighted by Gasteiger charge is 2.29. The second-order valence-corrected chi connectivity index (χ2v) is 8.67. The number of carbonyl (C=O) groups is 1. The fourth-order valence-corrected chi connectivity index (χ4v) is 4.58. The molecule has 2 aromatic carbocycles. The number of benzene rings is 2. The Labute approximate surface area is 164 Å². The molecular weight excluding hydrogens is 388 g/mol. The van der Waals surface area contributed by atoms with Crippen molar-refractivity contribution in [2.75, 3.05) is 32.8 Å². The molecule has 1 saturated heterocycles. The highest BCUT2D eigenvalue weighted by Crippen LogP contribution is 2.18. The molecule has 0 bridgehead atoms. The third kappa shape index (κ3) is 5.45. The quantitative estimate of drug-likeness (QED) is 0.736. The van der Waals surface area contributed by atoms with Gasteiger partial charge in [0.2, 0.25) is 10.0 Å². The van der Waals surface area contributed by atoms with E-state index < -0.39 is 10.0 Å². The molecule has 0 unspecified atom stereocenters. The Bertz CT molecular complexity index is 882. The van der Waals surface area contributed by atoms with Crippen LogP contribution in [0.2, 0.25) is 5.02 Å². The Morgan fingerprint density at radius 1 is 1.00 bits per heavy atom. The second-order valence-electron chi connectivity index (χ2n) is 6.27. The molecule has 2 aromatic rings. The summed E-state index contributed by atoms with van der Waals surface area (Å²) in [6.07, 6.45) is 0. The van der Waals surface area contributed by atoms with Crippen LogP contribution in [0.25, 0.3) is 0 Å². The fraction of sp³-hybridized carbons (Fsp3) is 0.316. The molecule has 0 aromatic heterocycles. The summed E-state index contributed by atoms with van der Waals surface area (Å²) < 4.78 is 32.0. The SMILES string of the molecule is O=C(COc1cccc(Cl)c1)N1CCN(S(=O)(=O)Cc2ccccc2)CC1. The van der Waals surface area contributed by atoms with Gasteiger partial charge in [0.25, 0.3) is 5.91 Å². The molecule has 1 aliphatic rings. The molecular formula is C19H21ClN2O4S. The van der Waals surface area contributed by atoms with Crippen LogP contribution in [0.15, 0.2) is 54.6 Å². The number of carbonyl (C=O) groups excluding carboxylic acids is 1. The summed E-state index contributed by atoms with van der Waals surface area (Å²) in [7, 11) is -3.40. The first-order valence-corrected chi connectivity index (χ1v) is 10.6. The lowest BCUT2D eigenvalue weighted by atomic mass is 10.2. The standard InChI is InChI=1S/C19H21ClN2O4S/c20-17-7-4-8-18(13-17)26-14-19(23)21-9-11-22(12-10-21)27(24,25)15-16-5-2-1-3-6-16/h1-8,13H,9-12,14-15H2. The Morgan fingerprint density at radius 2 is 1.70 bits per heavy atom. The third-order valence-corrected chi connectivity index (χ3v) is 6.42. The first-order chi connectivity index (χ1) is 12.9. The molecule has 1 heterocycles. The molecule has 1 fully saturated rings. The molecule has 1 amide bonds. The number of hydrogen-bond donors (Lipinski definition) is 0. The van der Waals surface area contributed by atoms with E-state index in [1.807, 2.05) is 18.2 Å². The van der Waals surface area contributed by atoms with E-state index in [1.54, 1.807) is 41.3 Å². The maximum Gasteiger partial charge on any atom is 0.260 e. The number of halogens is 1. The lowest BCUT2D eigenvalue weighted by Gasteiger charge is -2.34. The average molecular weight is 409 g/mol. The van der Waals surface area contributed by atoms with Gasteiger partial charge in [0.1, 0.15) is 5.75 Å². The number of sulfonamides is 1. The molecule has 0 aliphatic carbocycles. The van der Waals surface area contributed by atoms with E-state index in [4.69, 9.17) is 16.3 Å². The number of amides is 1. The van der Waals surface area contributed by atoms with Crippen molar-refractivity contribution in [1.82, 2.24) is 9.21 Å². The van der Waals surface area contributed by atoms with E-state index in [9.17, 15) is 13.2 Å². The van der Waals surface area contributed by atoms with Gasteiger partial charge >= 0.3 is 0 Å². The van der Waals surface area contributed by atoms with E-state index in [-0.39, 0.29) is 31.4 Å². The van der Waals surface area contributed by atoms with Crippen LogP contribution in [-0.4, -0.2) is 56.3 Å². The highest BCUT2D eigenvalue weighted by molar-refractivity contribution is 7.88. The van der Waals surface area contributed by atoms with Gasteiger partial charge in [0.05, 0.1) is 5.75 Å². The van der Waals surface area contributed by atoms with Gasteiger partial charge in [-0.3, -0.25) is 4.79 Å². The zero-order valence-electron chi connectivity index (χ0n) is 14.8. The molecule has 0 atom stereocenters. The van der Waals surface area contributed by atoms with Crippen LogP contribution < -0.4 is 4.74 Å². The van der Waals surface area contributed by atoms with Crippen molar-refractivity contribution < 1.29 is 17.9 Å². The summed E-state index contributed by atoms with van der Waals surface area (Å²) >= 11 is 5.89. The minimum Gasteiger partial charge on any atom is -0.484 e. The molecule has 0 radical (unpaired) electrons. The Morgan fingerprint density at radius 3 is 2.37 bits per heavy atom. The monoisotopic (exact) mass is 408 g/mol. The number of piperazine rings is 1. The van der Waals surface area contributed by atoms with Crippen LogP contribution in [0, 0.1) is 0 Å². The number of hydrogen-bond acceptors (Lipinski definition) is 4. The smallest absolute Gasteiger partial charge is 0.260 e. The van der Waals surface area contributed by atoms with Crippen molar-refractivity contribution in [3.8, 4) is 5.75 Å². The molecule has 3 rings (SSSR count). The maximum absolute atomic E-state index is 12.6. The number of ether oxygens (including phenoxy) is 1. The van der Waals surface area contributed by atoms with Crippen LogP contribution in [-0.2, 0) is 20.6 Å². The first kappa shape index (κ1) is 19.7. The van der Waals surface area contributed by atoms with Crippen molar-refractivity contribution in [3.05, 3.63) is 65.2 Å². The lowest BCUT2D eigenvalue weighted by molar-refractivity contribution is -0.134. The topological polar surface area (TPSA) is 66.9 Å². The molecule has 8 heteroatoms. The van der Waals surface area contributed by atoms with Crippen molar-refractivity contribution in [2.45, 2.75) is 5.75 Å². The van der Waals surface area contributed by atoms with Gasteiger partial charge < -0.3 is 9.64 Å². The van der Waals surface area contributed by atoms with Gasteiger partial charge in [-0.2, -0.15) is 4.31 Å². The number of nitrogens with zero attached hydrogens (tertiary/aromatic N) is 2. The minimum absolute atomic E-state index is 0.0281. The predicted octanol–water partition coefficient (Wildman–Crippen LogP) is 2.39. The molecule has 6 nitrogen and oxygen atoms in total. The van der Waals surface area contributed by atoms with E-state index in [1.165, 1.54) is 4.31 Å². The lowest BCUT2D eigenvalue weighted by Crippen LogP contribution is -2.51. The minimum atomic E-state index is -3.40. The maximum atomic E-state index is 12.6. The summed E-state index contributed by atoms with van der Waals surface area (Å²) in [6, 6.07) is 15.9. The molecule has 1 aliphatic heterocycles. The van der Waals surface area contributed by atoms with Gasteiger partial charge in [-0.15, -0.1) is 0 Å². The zero-order chi connectivity index (χ0) is 19.3. The molecule has 0 N–H and O–H groups in total. The first-order valence-electron chi connectivity index (χ1n) is 8.62. The number of rotatable bonds is 6. The summed E-state index contributed by atoms with van der Waals surface area (Å²) in [6.45, 7) is 1.19. The average Bonchev–Trinajstić information content (AvgIpc) is 2.67. The summed E-state index contributed by atoms with van der Waals surface area (Å²) in [4.78, 5) is 13.9. The van der Waals surface area contributed by atoms with Crippen molar-refractivity contribution >= 4 is 27.5 Å². The summed E-state index contributed by atoms with van der Waals surface area (Å²) in [5, 5.41) is 0.539. The van der Waals surface area contributed by atoms with Crippen molar-refractivity contribution in [2.24, 2.45) is 0 Å². The zero-order valence-corrected chi connectivity index (χ0v) is 16.3. The van der Waals surface area contributed by atoms with Crippen LogP contribution in [0.5, 0.6) is 5.75 Å². The molecule has 0 spiro atoms. The largest absolute Gasteiger partial charge is 0.484 e. The van der Waals surface area contributed by atoms with Gasteiger partial charge in [-0.05, 0) is 23.8 Å². The van der Waals surface area contributed by atoms with E-state index in [2.05, 4.69) is 0 Å². The van der Waals surface area contributed by atoms with Crippen LogP contribution in [0.1, 0.15) is 5.56 Å². The fourth-order valence-electron chi connectivity index (χ4n) is 2.88. The third-order valence-electron chi connectivity index (χ3n) is 4.34. The summed E-state index contributed by atoms with van der Waals surface area (Å²) in [5.41, 5.74) is 0.755. The predicted molar refractivity (Wildman–Crippen MR) is 104 cm³/mol. The van der Waals surface area contributed by atoms with Gasteiger partial charge in [0, 0.05) is 31.2 Å². The Kier molecular flexibility index (Phi) is 6.36. The van der Waals surface area contributed by atoms with E-state index >= 15 is 0 Å². The van der Waals surface area contributed by atoms with Crippen molar-refractivity contribution in [1.29, 1.82) is 0 Å². The second kappa shape index (κ2) is 8.73. The molecule has 0 saturated carbocycles. The summed E-state index contributed by atoms with van der Waals surface area (Å²) in [5.74, 6) is 0.328. The van der Waals surface area contributed by atoms with Gasteiger partial charge in [-0.25, -0.2) is 8.42 Å². The van der Waals surface area contributed by atoms with Crippen LogP contribution >= 0.6 is 11.6 Å². The van der Waals surface area contributed by atoms with Crippen molar-refractivity contribution in [3.63, 3.8) is 0 Å². The van der Waals surface area contributed by atoms with E-state index in [0.29, 0.717) is 23.9 Å².